The number of nitrogens with zero attached hydrogens (tertiary/aromatic N) is 5. The molecule has 0 spiro atoms. The van der Waals surface area contributed by atoms with Crippen LogP contribution in [0.15, 0.2) is 12.3 Å². The van der Waals surface area contributed by atoms with Crippen molar-refractivity contribution in [2.24, 2.45) is 0 Å². The largest absolute Gasteiger partial charge is 0.481 e. The second-order valence-corrected chi connectivity index (χ2v) is 4.63. The molecule has 0 unspecified atom stereocenters. The van der Waals surface area contributed by atoms with Crippen LogP contribution in [0.4, 0.5) is 5.95 Å². The van der Waals surface area contributed by atoms with E-state index in [1.165, 1.54) is 0 Å². The van der Waals surface area contributed by atoms with Gasteiger partial charge in [0.25, 0.3) is 0 Å². The third-order valence-electron chi connectivity index (χ3n) is 3.43. The van der Waals surface area contributed by atoms with Crippen molar-refractivity contribution in [3.05, 3.63) is 12.3 Å². The molecule has 0 aliphatic carbocycles. The maximum absolute atomic E-state index is 8.73. The van der Waals surface area contributed by atoms with Gasteiger partial charge in [-0.25, -0.2) is 4.98 Å². The van der Waals surface area contributed by atoms with Gasteiger partial charge in [0.2, 0.25) is 11.8 Å². The molecule has 2 heterocycles. The molecule has 1 atom stereocenters. The predicted molar refractivity (Wildman–Crippen MR) is 72.1 cm³/mol. The minimum atomic E-state index is 0.318. The lowest BCUT2D eigenvalue weighted by atomic mass is 10.2. The van der Waals surface area contributed by atoms with Crippen LogP contribution in [-0.2, 0) is 0 Å². The Morgan fingerprint density at radius 2 is 2.16 bits per heavy atom. The van der Waals surface area contributed by atoms with Gasteiger partial charge in [0.05, 0.1) is 19.6 Å². The van der Waals surface area contributed by atoms with Crippen molar-refractivity contribution >= 4 is 5.95 Å². The Morgan fingerprint density at radius 1 is 1.42 bits per heavy atom. The number of anilines is 1. The first-order valence-corrected chi connectivity index (χ1v) is 6.47. The minimum Gasteiger partial charge on any atom is -0.481 e. The van der Waals surface area contributed by atoms with E-state index in [-0.39, 0.29) is 0 Å². The van der Waals surface area contributed by atoms with Crippen molar-refractivity contribution in [2.75, 3.05) is 38.2 Å². The van der Waals surface area contributed by atoms with Crippen molar-refractivity contribution in [2.45, 2.75) is 19.4 Å². The number of ether oxygens (including phenoxy) is 1. The van der Waals surface area contributed by atoms with Crippen LogP contribution in [0.5, 0.6) is 5.88 Å². The van der Waals surface area contributed by atoms with Gasteiger partial charge < -0.3 is 9.64 Å². The van der Waals surface area contributed by atoms with Gasteiger partial charge in [-0.15, -0.1) is 0 Å². The summed E-state index contributed by atoms with van der Waals surface area (Å²) < 4.78 is 5.11. The van der Waals surface area contributed by atoms with Crippen molar-refractivity contribution in [1.82, 2.24) is 14.9 Å². The van der Waals surface area contributed by atoms with E-state index in [0.717, 1.165) is 26.2 Å². The Bertz CT molecular complexity index is 451. The molecule has 0 saturated carbocycles. The molecular formula is C13H19N5O. The monoisotopic (exact) mass is 261 g/mol. The molecule has 1 fully saturated rings. The van der Waals surface area contributed by atoms with Gasteiger partial charge in [-0.1, -0.05) is 0 Å². The van der Waals surface area contributed by atoms with Gasteiger partial charge >= 0.3 is 0 Å². The number of methoxy groups -OCH3 is 1. The smallest absolute Gasteiger partial charge is 0.228 e. The zero-order valence-electron chi connectivity index (χ0n) is 11.4. The first-order chi connectivity index (χ1) is 9.24. The van der Waals surface area contributed by atoms with E-state index >= 15 is 0 Å². The highest BCUT2D eigenvalue weighted by molar-refractivity contribution is 5.32. The van der Waals surface area contributed by atoms with Crippen LogP contribution < -0.4 is 9.64 Å². The normalized spacial score (nSPS) is 17.8. The van der Waals surface area contributed by atoms with Gasteiger partial charge in [0.15, 0.2) is 0 Å². The topological polar surface area (TPSA) is 65.3 Å². The van der Waals surface area contributed by atoms with E-state index in [2.05, 4.69) is 32.8 Å². The summed E-state index contributed by atoms with van der Waals surface area (Å²) in [5, 5.41) is 8.73. The van der Waals surface area contributed by atoms with Crippen LogP contribution in [0.3, 0.4) is 0 Å². The first-order valence-electron chi connectivity index (χ1n) is 6.47. The van der Waals surface area contributed by atoms with Crippen LogP contribution in [0, 0.1) is 11.3 Å². The average molecular weight is 261 g/mol. The van der Waals surface area contributed by atoms with Crippen molar-refractivity contribution in [3.8, 4) is 11.9 Å². The number of hydrogen-bond donors (Lipinski definition) is 0. The van der Waals surface area contributed by atoms with E-state index in [1.54, 1.807) is 19.4 Å². The number of piperazine rings is 1. The summed E-state index contributed by atoms with van der Waals surface area (Å²) in [7, 11) is 1.60. The predicted octanol–water partition coefficient (Wildman–Crippen LogP) is 0.909. The molecule has 0 amide bonds. The van der Waals surface area contributed by atoms with Gasteiger partial charge in [-0.05, 0) is 6.92 Å². The van der Waals surface area contributed by atoms with Crippen molar-refractivity contribution in [1.29, 1.82) is 5.26 Å². The SMILES string of the molecule is COc1ccnc(N2CCN([C@H](C)CC#N)CC2)n1. The zero-order valence-corrected chi connectivity index (χ0v) is 11.4. The van der Waals surface area contributed by atoms with Gasteiger partial charge in [-0.3, -0.25) is 4.90 Å². The van der Waals surface area contributed by atoms with Crippen molar-refractivity contribution < 1.29 is 4.74 Å². The van der Waals surface area contributed by atoms with E-state index in [9.17, 15) is 0 Å². The third-order valence-corrected chi connectivity index (χ3v) is 3.43. The third kappa shape index (κ3) is 3.32. The molecule has 0 N–H and O–H groups in total. The maximum atomic E-state index is 8.73. The van der Waals surface area contributed by atoms with E-state index in [0.29, 0.717) is 24.3 Å². The first kappa shape index (κ1) is 13.6. The Morgan fingerprint density at radius 3 is 2.79 bits per heavy atom. The molecule has 102 valence electrons. The van der Waals surface area contributed by atoms with Crippen LogP contribution in [-0.4, -0.2) is 54.2 Å². The van der Waals surface area contributed by atoms with Crippen LogP contribution in [0.2, 0.25) is 0 Å². The fourth-order valence-corrected chi connectivity index (χ4v) is 2.22. The minimum absolute atomic E-state index is 0.318. The molecule has 0 aromatic carbocycles. The molecule has 0 radical (unpaired) electrons. The van der Waals surface area contributed by atoms with E-state index in [1.807, 2.05) is 0 Å². The molecule has 1 aliphatic rings. The highest BCUT2D eigenvalue weighted by Crippen LogP contribution is 2.16. The summed E-state index contributed by atoms with van der Waals surface area (Å²) in [6, 6.07) is 4.29. The van der Waals surface area contributed by atoms with Crippen LogP contribution in [0.1, 0.15) is 13.3 Å². The molecule has 1 aliphatic heterocycles. The Hall–Kier alpha value is -1.87. The Balaban J connectivity index is 1.94. The fraction of sp³-hybridized carbons (Fsp3) is 0.615. The summed E-state index contributed by atoms with van der Waals surface area (Å²) in [4.78, 5) is 13.1. The molecule has 0 bridgehead atoms. The number of rotatable bonds is 4. The number of nitriles is 1. The molecule has 1 aromatic rings. The second kappa shape index (κ2) is 6.34. The number of hydrogen-bond acceptors (Lipinski definition) is 6. The zero-order chi connectivity index (χ0) is 13.7. The standard InChI is InChI=1S/C13H19N5O/c1-11(3-5-14)17-7-9-18(10-8-17)13-15-6-4-12(16-13)19-2/h4,6,11H,3,7-10H2,1-2H3/t11-/m1/s1. The van der Waals surface area contributed by atoms with Crippen LogP contribution >= 0.6 is 0 Å². The maximum Gasteiger partial charge on any atom is 0.228 e. The molecular weight excluding hydrogens is 242 g/mol. The molecule has 6 heteroatoms. The van der Waals surface area contributed by atoms with Crippen molar-refractivity contribution in [3.63, 3.8) is 0 Å². The molecule has 2 rings (SSSR count). The highest BCUT2D eigenvalue weighted by atomic mass is 16.5. The second-order valence-electron chi connectivity index (χ2n) is 4.63. The van der Waals surface area contributed by atoms with E-state index in [4.69, 9.17) is 10.00 Å². The lowest BCUT2D eigenvalue weighted by molar-refractivity contribution is 0.198. The summed E-state index contributed by atoms with van der Waals surface area (Å²) in [5.41, 5.74) is 0. The molecule has 1 saturated heterocycles. The fourth-order valence-electron chi connectivity index (χ4n) is 2.22. The quantitative estimate of drug-likeness (QED) is 0.802. The molecule has 19 heavy (non-hydrogen) atoms. The van der Waals surface area contributed by atoms with Gasteiger partial charge in [0.1, 0.15) is 0 Å². The lowest BCUT2D eigenvalue weighted by Crippen LogP contribution is -2.50. The van der Waals surface area contributed by atoms with Gasteiger partial charge in [0, 0.05) is 44.5 Å². The lowest BCUT2D eigenvalue weighted by Gasteiger charge is -2.37. The Kier molecular flexibility index (Phi) is 4.53. The molecule has 6 nitrogen and oxygen atoms in total. The average Bonchev–Trinajstić information content (AvgIpc) is 2.48. The Labute approximate surface area is 113 Å². The highest BCUT2D eigenvalue weighted by Gasteiger charge is 2.22. The van der Waals surface area contributed by atoms with Crippen LogP contribution in [0.25, 0.3) is 0 Å². The number of aromatic nitrogens is 2. The molecule has 1 aromatic heterocycles. The van der Waals surface area contributed by atoms with E-state index < -0.39 is 0 Å². The van der Waals surface area contributed by atoms with Gasteiger partial charge in [-0.2, -0.15) is 10.2 Å². The summed E-state index contributed by atoms with van der Waals surface area (Å²) in [5.74, 6) is 1.30. The summed E-state index contributed by atoms with van der Waals surface area (Å²) in [6.45, 7) is 5.72. The summed E-state index contributed by atoms with van der Waals surface area (Å²) >= 11 is 0. The summed E-state index contributed by atoms with van der Waals surface area (Å²) in [6.07, 6.45) is 2.29.